The summed E-state index contributed by atoms with van der Waals surface area (Å²) >= 11 is 0. The molecule has 0 aliphatic heterocycles. The standard InChI is InChI=1S/C30H34O5/c1-3-5-7-9-11-13-15-17-18-20-22-24-29(32)34-27-28(26-31)35-30(33)25-23-21-19-16-14-12-10-8-6-4-2/h28,31H,4,6,8,10,12,14,16,19,21,23,25-27H2,1-2H3/t28-/m1/s1. The minimum Gasteiger partial charge on any atom is -0.456 e. The molecule has 1 atom stereocenters. The lowest BCUT2D eigenvalue weighted by Gasteiger charge is -2.14. The zero-order chi connectivity index (χ0) is 25.8. The Kier molecular flexibility index (Phi) is 22.2. The SMILES string of the molecule is CC#CC#CC#CC#CC#CC#CC(=O)OC[C@@H](CO)OC(=O)CCCCCCCCCCCC. The first-order valence-electron chi connectivity index (χ1n) is 12.0. The van der Waals surface area contributed by atoms with Crippen molar-refractivity contribution in [3.05, 3.63) is 0 Å². The van der Waals surface area contributed by atoms with Gasteiger partial charge in [-0.15, -0.1) is 0 Å². The number of unbranched alkanes of at least 4 members (excludes halogenated alkanes) is 9. The van der Waals surface area contributed by atoms with Gasteiger partial charge in [0.15, 0.2) is 6.10 Å². The van der Waals surface area contributed by atoms with Crippen LogP contribution >= 0.6 is 0 Å². The van der Waals surface area contributed by atoms with Crippen molar-refractivity contribution < 1.29 is 24.2 Å². The van der Waals surface area contributed by atoms with E-state index in [0.29, 0.717) is 0 Å². The first-order chi connectivity index (χ1) is 17.1. The second kappa shape index (κ2) is 24.9. The molecule has 0 aliphatic rings. The summed E-state index contributed by atoms with van der Waals surface area (Å²) in [6.45, 7) is 3.16. The predicted octanol–water partition coefficient (Wildman–Crippen LogP) is 3.79. The summed E-state index contributed by atoms with van der Waals surface area (Å²) in [6.07, 6.45) is 11.1. The molecule has 0 fully saturated rings. The van der Waals surface area contributed by atoms with E-state index in [0.717, 1.165) is 19.3 Å². The fraction of sp³-hybridized carbons (Fsp3) is 0.533. The van der Waals surface area contributed by atoms with E-state index < -0.39 is 24.6 Å². The first kappa shape index (κ1) is 31.3. The van der Waals surface area contributed by atoms with Gasteiger partial charge in [0.2, 0.25) is 0 Å². The number of carbonyl (C=O) groups excluding carboxylic acids is 2. The van der Waals surface area contributed by atoms with Gasteiger partial charge in [-0.05, 0) is 72.5 Å². The fourth-order valence-electron chi connectivity index (χ4n) is 2.73. The highest BCUT2D eigenvalue weighted by molar-refractivity contribution is 5.89. The third-order valence-corrected chi connectivity index (χ3v) is 4.49. The molecule has 0 aromatic heterocycles. The Morgan fingerprint density at radius 1 is 0.714 bits per heavy atom. The van der Waals surface area contributed by atoms with E-state index in [1.807, 2.05) is 0 Å². The number of rotatable bonds is 15. The molecule has 5 heteroatoms. The number of aliphatic hydroxyl groups excluding tert-OH is 1. The number of ether oxygens (including phenoxy) is 2. The van der Waals surface area contributed by atoms with Crippen LogP contribution in [0.15, 0.2) is 0 Å². The van der Waals surface area contributed by atoms with Crippen LogP contribution in [-0.4, -0.2) is 36.4 Å². The highest BCUT2D eigenvalue weighted by atomic mass is 16.6. The monoisotopic (exact) mass is 474 g/mol. The minimum atomic E-state index is -0.918. The summed E-state index contributed by atoms with van der Waals surface area (Å²) in [5.74, 6) is 28.0. The van der Waals surface area contributed by atoms with E-state index in [4.69, 9.17) is 9.47 Å². The number of hydrogen-bond donors (Lipinski definition) is 1. The smallest absolute Gasteiger partial charge is 0.385 e. The molecular weight excluding hydrogens is 440 g/mol. The zero-order valence-corrected chi connectivity index (χ0v) is 20.8. The van der Waals surface area contributed by atoms with Crippen LogP contribution in [-0.2, 0) is 19.1 Å². The fourth-order valence-corrected chi connectivity index (χ4v) is 2.73. The van der Waals surface area contributed by atoms with E-state index in [1.54, 1.807) is 6.92 Å². The number of hydrogen-bond acceptors (Lipinski definition) is 5. The molecule has 0 spiro atoms. The summed E-state index contributed by atoms with van der Waals surface area (Å²) in [5, 5.41) is 9.34. The Hall–Kier alpha value is -3.74. The van der Waals surface area contributed by atoms with Gasteiger partial charge in [-0.3, -0.25) is 4.79 Å². The van der Waals surface area contributed by atoms with Crippen LogP contribution in [0, 0.1) is 71.0 Å². The Morgan fingerprint density at radius 2 is 1.20 bits per heavy atom. The molecule has 1 N–H and O–H groups in total. The third-order valence-electron chi connectivity index (χ3n) is 4.49. The third kappa shape index (κ3) is 23.2. The molecule has 0 amide bonds. The topological polar surface area (TPSA) is 72.8 Å². The molecule has 35 heavy (non-hydrogen) atoms. The molecule has 0 radical (unpaired) electrons. The quantitative estimate of drug-likeness (QED) is 0.169. The maximum absolute atomic E-state index is 11.9. The van der Waals surface area contributed by atoms with Gasteiger partial charge < -0.3 is 14.6 Å². The van der Waals surface area contributed by atoms with Crippen molar-refractivity contribution in [2.24, 2.45) is 0 Å². The molecule has 0 unspecified atom stereocenters. The van der Waals surface area contributed by atoms with Crippen molar-refractivity contribution in [3.63, 3.8) is 0 Å². The van der Waals surface area contributed by atoms with Crippen LogP contribution in [0.25, 0.3) is 0 Å². The van der Waals surface area contributed by atoms with E-state index in [-0.39, 0.29) is 13.0 Å². The van der Waals surface area contributed by atoms with Crippen molar-refractivity contribution in [3.8, 4) is 71.0 Å². The molecule has 184 valence electrons. The van der Waals surface area contributed by atoms with Crippen molar-refractivity contribution in [2.45, 2.75) is 90.6 Å². The van der Waals surface area contributed by atoms with Crippen LogP contribution < -0.4 is 0 Å². The van der Waals surface area contributed by atoms with Gasteiger partial charge in [0, 0.05) is 12.3 Å². The van der Waals surface area contributed by atoms with Gasteiger partial charge in [-0.25, -0.2) is 4.79 Å². The largest absolute Gasteiger partial charge is 0.456 e. The molecule has 5 nitrogen and oxygen atoms in total. The second-order valence-corrected chi connectivity index (χ2v) is 7.45. The van der Waals surface area contributed by atoms with Gasteiger partial charge >= 0.3 is 11.9 Å². The second-order valence-electron chi connectivity index (χ2n) is 7.45. The molecule has 0 aliphatic carbocycles. The zero-order valence-electron chi connectivity index (χ0n) is 20.8. The van der Waals surface area contributed by atoms with Crippen LogP contribution in [0.5, 0.6) is 0 Å². The molecule has 0 bridgehead atoms. The molecule has 0 saturated carbocycles. The molecule has 0 aromatic rings. The minimum absolute atomic E-state index is 0.278. The van der Waals surface area contributed by atoms with Crippen LogP contribution in [0.3, 0.4) is 0 Å². The van der Waals surface area contributed by atoms with E-state index >= 15 is 0 Å². The van der Waals surface area contributed by atoms with Crippen LogP contribution in [0.1, 0.15) is 84.5 Å². The highest BCUT2D eigenvalue weighted by Crippen LogP contribution is 2.11. The molecule has 0 heterocycles. The lowest BCUT2D eigenvalue weighted by molar-refractivity contribution is -0.159. The van der Waals surface area contributed by atoms with E-state index in [9.17, 15) is 14.7 Å². The Balaban J connectivity index is 4.05. The predicted molar refractivity (Wildman–Crippen MR) is 137 cm³/mol. The maximum Gasteiger partial charge on any atom is 0.385 e. The first-order valence-corrected chi connectivity index (χ1v) is 12.0. The Labute approximate surface area is 211 Å². The summed E-state index contributed by atoms with van der Waals surface area (Å²) < 4.78 is 10.0. The number of aliphatic hydroxyl groups is 1. The maximum atomic E-state index is 11.9. The molecule has 0 saturated heterocycles. The van der Waals surface area contributed by atoms with E-state index in [1.165, 1.54) is 44.9 Å². The number of carbonyl (C=O) groups is 2. The van der Waals surface area contributed by atoms with Gasteiger partial charge in [0.25, 0.3) is 0 Å². The van der Waals surface area contributed by atoms with Crippen molar-refractivity contribution >= 4 is 11.9 Å². The lowest BCUT2D eigenvalue weighted by atomic mass is 10.1. The lowest BCUT2D eigenvalue weighted by Crippen LogP contribution is -2.28. The van der Waals surface area contributed by atoms with Gasteiger partial charge in [0.05, 0.1) is 6.61 Å². The molecular formula is C30H34O5. The van der Waals surface area contributed by atoms with Crippen LogP contribution in [0.2, 0.25) is 0 Å². The number of esters is 2. The van der Waals surface area contributed by atoms with Gasteiger partial charge in [0.1, 0.15) is 6.61 Å². The Morgan fingerprint density at radius 3 is 1.71 bits per heavy atom. The average molecular weight is 475 g/mol. The van der Waals surface area contributed by atoms with Crippen molar-refractivity contribution in [1.82, 2.24) is 0 Å². The summed E-state index contributed by atoms with van der Waals surface area (Å²) in [7, 11) is 0. The Bertz CT molecular complexity index is 1000. The van der Waals surface area contributed by atoms with Gasteiger partial charge in [-0.2, -0.15) is 0 Å². The van der Waals surface area contributed by atoms with Crippen molar-refractivity contribution in [2.75, 3.05) is 13.2 Å². The molecule has 0 rings (SSSR count). The van der Waals surface area contributed by atoms with Gasteiger partial charge in [-0.1, -0.05) is 70.6 Å². The van der Waals surface area contributed by atoms with Crippen LogP contribution in [0.4, 0.5) is 0 Å². The summed E-state index contributed by atoms with van der Waals surface area (Å²) in [5.41, 5.74) is 0. The normalized spacial score (nSPS) is 9.23. The molecule has 0 aromatic carbocycles. The van der Waals surface area contributed by atoms with Crippen molar-refractivity contribution in [1.29, 1.82) is 0 Å². The summed E-state index contributed by atoms with van der Waals surface area (Å²) in [4.78, 5) is 23.5. The van der Waals surface area contributed by atoms with E-state index in [2.05, 4.69) is 78.0 Å². The average Bonchev–Trinajstić information content (AvgIpc) is 2.86. The highest BCUT2D eigenvalue weighted by Gasteiger charge is 2.15. The summed E-state index contributed by atoms with van der Waals surface area (Å²) in [6, 6.07) is 0.